The molecule has 0 radical (unpaired) electrons. The molecule has 0 unspecified atom stereocenters. The van der Waals surface area contributed by atoms with Crippen LogP contribution in [0.5, 0.6) is 0 Å². The molecule has 0 fully saturated rings. The number of benzene rings is 2. The van der Waals surface area contributed by atoms with Crippen LogP contribution < -0.4 is 10.9 Å². The van der Waals surface area contributed by atoms with Gasteiger partial charge in [-0.25, -0.2) is 4.98 Å². The van der Waals surface area contributed by atoms with Crippen LogP contribution in [0.25, 0.3) is 10.9 Å². The number of hydrogen-bond donors (Lipinski definition) is 1. The number of aromatic nitrogens is 2. The van der Waals surface area contributed by atoms with Crippen molar-refractivity contribution in [3.8, 4) is 0 Å². The normalized spacial score (nSPS) is 10.8. The summed E-state index contributed by atoms with van der Waals surface area (Å²) in [5.74, 6) is -0.104. The molecule has 1 amide bonds. The molecule has 0 saturated carbocycles. The van der Waals surface area contributed by atoms with Gasteiger partial charge in [-0.2, -0.15) is 0 Å². The highest BCUT2D eigenvalue weighted by atomic mass is 35.5. The Morgan fingerprint density at radius 3 is 2.84 bits per heavy atom. The number of carbonyl (C=O) groups is 1. The quantitative estimate of drug-likeness (QED) is 0.757. The zero-order valence-corrected chi connectivity index (χ0v) is 14.6. The minimum absolute atomic E-state index is 0.0864. The van der Waals surface area contributed by atoms with Crippen LogP contribution in [0.2, 0.25) is 5.02 Å². The number of fused-ring (bicyclic) bond motifs is 1. The first-order valence-corrected chi connectivity index (χ1v) is 8.43. The summed E-state index contributed by atoms with van der Waals surface area (Å²) in [4.78, 5) is 28.8. The smallest absolute Gasteiger partial charge is 0.261 e. The van der Waals surface area contributed by atoms with E-state index < -0.39 is 0 Å². The molecular formula is C19H18ClN3O2. The number of anilines is 1. The minimum atomic E-state index is -0.104. The van der Waals surface area contributed by atoms with Crippen molar-refractivity contribution in [2.75, 3.05) is 5.32 Å². The molecular weight excluding hydrogens is 338 g/mol. The van der Waals surface area contributed by atoms with E-state index in [1.807, 2.05) is 31.2 Å². The summed E-state index contributed by atoms with van der Waals surface area (Å²) in [7, 11) is 0. The van der Waals surface area contributed by atoms with E-state index in [0.29, 0.717) is 41.0 Å². The van der Waals surface area contributed by atoms with Gasteiger partial charge in [-0.1, -0.05) is 29.8 Å². The molecule has 128 valence electrons. The molecule has 0 aliphatic heterocycles. The summed E-state index contributed by atoms with van der Waals surface area (Å²) in [5, 5.41) is 4.06. The van der Waals surface area contributed by atoms with Crippen LogP contribution in [0.15, 0.2) is 53.6 Å². The predicted octanol–water partition coefficient (Wildman–Crippen LogP) is 3.78. The lowest BCUT2D eigenvalue weighted by molar-refractivity contribution is -0.116. The minimum Gasteiger partial charge on any atom is -0.326 e. The van der Waals surface area contributed by atoms with Gasteiger partial charge in [-0.05, 0) is 43.2 Å². The van der Waals surface area contributed by atoms with Gasteiger partial charge in [-0.15, -0.1) is 0 Å². The second-order valence-corrected chi connectivity index (χ2v) is 6.23. The largest absolute Gasteiger partial charge is 0.326 e. The van der Waals surface area contributed by atoms with Crippen LogP contribution in [0.4, 0.5) is 5.69 Å². The monoisotopic (exact) mass is 355 g/mol. The Balaban J connectivity index is 1.61. The number of amides is 1. The number of nitrogens with zero attached hydrogens (tertiary/aromatic N) is 2. The first-order valence-electron chi connectivity index (χ1n) is 8.05. The molecule has 0 saturated heterocycles. The summed E-state index contributed by atoms with van der Waals surface area (Å²) < 4.78 is 1.54. The maximum Gasteiger partial charge on any atom is 0.261 e. The van der Waals surface area contributed by atoms with Gasteiger partial charge in [0.15, 0.2) is 0 Å². The lowest BCUT2D eigenvalue weighted by Gasteiger charge is -2.10. The molecule has 2 aromatic carbocycles. The van der Waals surface area contributed by atoms with Crippen LogP contribution in [0.3, 0.4) is 0 Å². The van der Waals surface area contributed by atoms with Crippen molar-refractivity contribution in [3.63, 3.8) is 0 Å². The van der Waals surface area contributed by atoms with Gasteiger partial charge in [0.2, 0.25) is 5.91 Å². The van der Waals surface area contributed by atoms with E-state index in [9.17, 15) is 9.59 Å². The Hall–Kier alpha value is -2.66. The van der Waals surface area contributed by atoms with Crippen LogP contribution in [-0.2, 0) is 11.3 Å². The summed E-state index contributed by atoms with van der Waals surface area (Å²) >= 11 is 6.05. The molecule has 5 nitrogen and oxygen atoms in total. The average Bonchev–Trinajstić information content (AvgIpc) is 2.61. The zero-order valence-electron chi connectivity index (χ0n) is 13.8. The van der Waals surface area contributed by atoms with E-state index in [1.54, 1.807) is 22.8 Å². The molecule has 0 aliphatic rings. The van der Waals surface area contributed by atoms with Gasteiger partial charge in [-0.3, -0.25) is 14.2 Å². The van der Waals surface area contributed by atoms with Crippen molar-refractivity contribution in [2.24, 2.45) is 0 Å². The maximum atomic E-state index is 12.4. The first kappa shape index (κ1) is 17.2. The highest BCUT2D eigenvalue weighted by Crippen LogP contribution is 2.23. The van der Waals surface area contributed by atoms with Gasteiger partial charge in [0.05, 0.1) is 17.2 Å². The van der Waals surface area contributed by atoms with Gasteiger partial charge in [0.1, 0.15) is 0 Å². The van der Waals surface area contributed by atoms with E-state index >= 15 is 0 Å². The molecule has 1 N–H and O–H groups in total. The first-order chi connectivity index (χ1) is 12.1. The summed E-state index contributed by atoms with van der Waals surface area (Å²) in [5.41, 5.74) is 2.14. The number of rotatable bonds is 5. The van der Waals surface area contributed by atoms with Gasteiger partial charge in [0.25, 0.3) is 5.56 Å². The van der Waals surface area contributed by atoms with Crippen molar-refractivity contribution in [1.29, 1.82) is 0 Å². The van der Waals surface area contributed by atoms with Crippen molar-refractivity contribution in [2.45, 2.75) is 26.3 Å². The Bertz CT molecular complexity index is 982. The van der Waals surface area contributed by atoms with E-state index in [0.717, 1.165) is 5.56 Å². The molecule has 3 rings (SSSR count). The number of hydrogen-bond acceptors (Lipinski definition) is 3. The molecule has 1 heterocycles. The number of aryl methyl sites for hydroxylation is 1. The van der Waals surface area contributed by atoms with E-state index in [2.05, 4.69) is 10.3 Å². The standard InChI is InChI=1S/C19H18ClN3O2/c1-13-15(20)7-4-9-16(13)22-18(24)10-5-11-23-12-21-17-8-3-2-6-14(17)19(23)25/h2-4,6-9,12H,5,10-11H2,1H3,(H,22,24). The molecule has 25 heavy (non-hydrogen) atoms. The summed E-state index contributed by atoms with van der Waals surface area (Å²) in [6.45, 7) is 2.30. The topological polar surface area (TPSA) is 64.0 Å². The molecule has 3 aromatic rings. The van der Waals surface area contributed by atoms with Crippen LogP contribution in [-0.4, -0.2) is 15.5 Å². The van der Waals surface area contributed by atoms with Crippen molar-refractivity contribution in [3.05, 3.63) is 69.7 Å². The highest BCUT2D eigenvalue weighted by Gasteiger charge is 2.08. The molecule has 1 aromatic heterocycles. The molecule has 0 spiro atoms. The number of carbonyl (C=O) groups excluding carboxylic acids is 1. The van der Waals surface area contributed by atoms with Gasteiger partial charge < -0.3 is 5.32 Å². The van der Waals surface area contributed by atoms with Crippen LogP contribution in [0.1, 0.15) is 18.4 Å². The Kier molecular flexibility index (Phi) is 5.14. The third-order valence-electron chi connectivity index (χ3n) is 4.08. The lowest BCUT2D eigenvalue weighted by Crippen LogP contribution is -2.21. The van der Waals surface area contributed by atoms with E-state index in [-0.39, 0.29) is 11.5 Å². The zero-order chi connectivity index (χ0) is 17.8. The summed E-state index contributed by atoms with van der Waals surface area (Å²) in [6.07, 6.45) is 2.39. The van der Waals surface area contributed by atoms with Crippen molar-refractivity contribution < 1.29 is 4.79 Å². The number of halogens is 1. The van der Waals surface area contributed by atoms with Crippen LogP contribution in [0, 0.1) is 6.92 Å². The lowest BCUT2D eigenvalue weighted by atomic mass is 10.2. The van der Waals surface area contributed by atoms with Crippen molar-refractivity contribution >= 4 is 34.1 Å². The Labute approximate surface area is 150 Å². The SMILES string of the molecule is Cc1c(Cl)cccc1NC(=O)CCCn1cnc2ccccc2c1=O. The average molecular weight is 356 g/mol. The van der Waals surface area contributed by atoms with Gasteiger partial charge in [0, 0.05) is 23.7 Å². The fourth-order valence-corrected chi connectivity index (χ4v) is 2.81. The predicted molar refractivity (Wildman–Crippen MR) is 100 cm³/mol. The molecule has 0 bridgehead atoms. The second-order valence-electron chi connectivity index (χ2n) is 5.82. The highest BCUT2D eigenvalue weighted by molar-refractivity contribution is 6.31. The fraction of sp³-hybridized carbons (Fsp3) is 0.211. The van der Waals surface area contributed by atoms with Crippen molar-refractivity contribution in [1.82, 2.24) is 9.55 Å². The summed E-state index contributed by atoms with van der Waals surface area (Å²) in [6, 6.07) is 12.6. The second kappa shape index (κ2) is 7.49. The molecule has 0 atom stereocenters. The number of para-hydroxylation sites is 1. The number of nitrogens with one attached hydrogen (secondary N) is 1. The Morgan fingerprint density at radius 1 is 1.20 bits per heavy atom. The third kappa shape index (κ3) is 3.88. The van der Waals surface area contributed by atoms with Gasteiger partial charge >= 0.3 is 0 Å². The van der Waals surface area contributed by atoms with Crippen LogP contribution >= 0.6 is 11.6 Å². The molecule has 0 aliphatic carbocycles. The van der Waals surface area contributed by atoms with E-state index in [4.69, 9.17) is 11.6 Å². The van der Waals surface area contributed by atoms with E-state index in [1.165, 1.54) is 6.33 Å². The maximum absolute atomic E-state index is 12.4. The molecule has 6 heteroatoms. The Morgan fingerprint density at radius 2 is 2.00 bits per heavy atom. The fourth-order valence-electron chi connectivity index (χ4n) is 2.63. The third-order valence-corrected chi connectivity index (χ3v) is 4.49.